The standard InChI is InChI=1S/C21H32N4O9S/c1-5-11-9-21(11,18(29)24-35(32,33)34-13-6-7-13)23-16(27)14-8-12(26)10-25(14)17(28)15(20(2,3)4)22-19(30)31/h5,11-15,22,26H,1,6-10H2,2-4H3,(H,23,27)(H,24,29)(H,30,31). The van der Waals surface area contributed by atoms with Crippen molar-refractivity contribution in [1.82, 2.24) is 20.3 Å². The minimum atomic E-state index is -4.37. The van der Waals surface area contributed by atoms with E-state index in [-0.39, 0.29) is 19.4 Å². The van der Waals surface area contributed by atoms with Gasteiger partial charge in [0, 0.05) is 18.9 Å². The van der Waals surface area contributed by atoms with Crippen molar-refractivity contribution < 1.29 is 42.0 Å². The van der Waals surface area contributed by atoms with Gasteiger partial charge in [-0.05, 0) is 24.7 Å². The summed E-state index contributed by atoms with van der Waals surface area (Å²) < 4.78 is 30.9. The number of carbonyl (C=O) groups excluding carboxylic acids is 3. The molecule has 0 bridgehead atoms. The van der Waals surface area contributed by atoms with E-state index in [2.05, 4.69) is 17.2 Å². The largest absolute Gasteiger partial charge is 0.465 e. The van der Waals surface area contributed by atoms with E-state index in [0.29, 0.717) is 12.8 Å². The monoisotopic (exact) mass is 516 g/mol. The average molecular weight is 517 g/mol. The Labute approximate surface area is 203 Å². The van der Waals surface area contributed by atoms with Gasteiger partial charge in [-0.3, -0.25) is 18.6 Å². The quantitative estimate of drug-likeness (QED) is 0.245. The van der Waals surface area contributed by atoms with Gasteiger partial charge in [-0.2, -0.15) is 8.42 Å². The van der Waals surface area contributed by atoms with Crippen LogP contribution in [0.15, 0.2) is 12.7 Å². The molecule has 5 N–H and O–H groups in total. The zero-order valence-electron chi connectivity index (χ0n) is 19.8. The second-order valence-electron chi connectivity index (χ2n) is 10.3. The van der Waals surface area contributed by atoms with Crippen LogP contribution in [0.25, 0.3) is 0 Å². The SMILES string of the molecule is C=CC1CC1(NC(=O)C1CC(O)CN1C(=O)C(NC(=O)O)C(C)(C)C)C(=O)NS(=O)(=O)OC1CC1. The fourth-order valence-corrected chi connectivity index (χ4v) is 5.16. The molecule has 2 saturated carbocycles. The molecule has 1 aliphatic heterocycles. The van der Waals surface area contributed by atoms with E-state index in [9.17, 15) is 37.8 Å². The van der Waals surface area contributed by atoms with Gasteiger partial charge in [-0.15, -0.1) is 6.58 Å². The van der Waals surface area contributed by atoms with Gasteiger partial charge in [-0.25, -0.2) is 9.52 Å². The Morgan fingerprint density at radius 2 is 1.86 bits per heavy atom. The maximum atomic E-state index is 13.2. The Balaban J connectivity index is 1.77. The summed E-state index contributed by atoms with van der Waals surface area (Å²) in [6, 6.07) is -2.41. The number of nitrogens with one attached hydrogen (secondary N) is 3. The second kappa shape index (κ2) is 9.39. The van der Waals surface area contributed by atoms with Crippen LogP contribution < -0.4 is 15.4 Å². The molecule has 1 heterocycles. The van der Waals surface area contributed by atoms with Gasteiger partial charge < -0.3 is 25.7 Å². The normalized spacial score (nSPS) is 29.1. The van der Waals surface area contributed by atoms with Crippen molar-refractivity contribution >= 4 is 34.1 Å². The van der Waals surface area contributed by atoms with Crippen molar-refractivity contribution in [3.05, 3.63) is 12.7 Å². The zero-order valence-corrected chi connectivity index (χ0v) is 20.6. The van der Waals surface area contributed by atoms with Crippen LogP contribution in [-0.2, 0) is 28.9 Å². The molecule has 5 unspecified atom stereocenters. The highest BCUT2D eigenvalue weighted by atomic mass is 32.2. The van der Waals surface area contributed by atoms with Crippen molar-refractivity contribution in [3.63, 3.8) is 0 Å². The Bertz CT molecular complexity index is 1020. The first kappa shape index (κ1) is 26.9. The highest BCUT2D eigenvalue weighted by Gasteiger charge is 2.61. The van der Waals surface area contributed by atoms with Gasteiger partial charge in [0.2, 0.25) is 11.8 Å². The lowest BCUT2D eigenvalue weighted by atomic mass is 9.85. The Hall–Kier alpha value is -2.71. The minimum Gasteiger partial charge on any atom is -0.465 e. The summed E-state index contributed by atoms with van der Waals surface area (Å²) in [7, 11) is -4.37. The first-order chi connectivity index (χ1) is 16.1. The third-order valence-electron chi connectivity index (χ3n) is 6.30. The first-order valence-corrected chi connectivity index (χ1v) is 12.7. The summed E-state index contributed by atoms with van der Waals surface area (Å²) >= 11 is 0. The fourth-order valence-electron chi connectivity index (χ4n) is 4.15. The lowest BCUT2D eigenvalue weighted by molar-refractivity contribution is -0.142. The third-order valence-corrected chi connectivity index (χ3v) is 7.26. The molecule has 14 heteroatoms. The highest BCUT2D eigenvalue weighted by molar-refractivity contribution is 7.85. The number of hydrogen-bond acceptors (Lipinski definition) is 8. The Morgan fingerprint density at radius 1 is 1.23 bits per heavy atom. The number of nitrogens with zero attached hydrogens (tertiary/aromatic N) is 1. The van der Waals surface area contributed by atoms with Gasteiger partial charge in [0.15, 0.2) is 0 Å². The predicted octanol–water partition coefficient (Wildman–Crippen LogP) is -0.769. The molecule has 2 aliphatic carbocycles. The van der Waals surface area contributed by atoms with Crippen LogP contribution in [0.4, 0.5) is 4.79 Å². The zero-order chi connectivity index (χ0) is 26.3. The molecule has 5 atom stereocenters. The van der Waals surface area contributed by atoms with Crippen LogP contribution in [0.1, 0.15) is 46.5 Å². The number of rotatable bonds is 9. The molecule has 4 amide bonds. The maximum absolute atomic E-state index is 13.2. The smallest absolute Gasteiger partial charge is 0.405 e. The molecular weight excluding hydrogens is 484 g/mol. The Morgan fingerprint density at radius 3 is 2.34 bits per heavy atom. The van der Waals surface area contributed by atoms with Crippen LogP contribution in [0.5, 0.6) is 0 Å². The van der Waals surface area contributed by atoms with Gasteiger partial charge in [0.1, 0.15) is 17.6 Å². The molecule has 196 valence electrons. The molecule has 0 aromatic carbocycles. The average Bonchev–Trinajstić information content (AvgIpc) is 3.62. The van der Waals surface area contributed by atoms with Crippen LogP contribution in [0, 0.1) is 11.3 Å². The van der Waals surface area contributed by atoms with Gasteiger partial charge in [0.25, 0.3) is 5.91 Å². The van der Waals surface area contributed by atoms with E-state index in [0.717, 1.165) is 4.90 Å². The molecule has 1 saturated heterocycles. The lowest BCUT2D eigenvalue weighted by Gasteiger charge is -2.35. The van der Waals surface area contributed by atoms with E-state index >= 15 is 0 Å². The highest BCUT2D eigenvalue weighted by Crippen LogP contribution is 2.45. The van der Waals surface area contributed by atoms with E-state index < -0.39 is 75.3 Å². The van der Waals surface area contributed by atoms with Crippen molar-refractivity contribution in [2.24, 2.45) is 11.3 Å². The molecule has 0 aromatic rings. The molecule has 3 rings (SSSR count). The van der Waals surface area contributed by atoms with Gasteiger partial charge >= 0.3 is 16.4 Å². The topological polar surface area (TPSA) is 191 Å². The number of aliphatic hydroxyl groups excluding tert-OH is 1. The Kier molecular flexibility index (Phi) is 7.21. The number of β-amino-alcohol motifs (C(OH)–C–C–N with tert-alkyl or cyclic N) is 1. The van der Waals surface area contributed by atoms with Crippen LogP contribution >= 0.6 is 0 Å². The number of aliphatic hydroxyl groups is 1. The van der Waals surface area contributed by atoms with Crippen molar-refractivity contribution in [1.29, 1.82) is 0 Å². The molecule has 35 heavy (non-hydrogen) atoms. The molecule has 0 aromatic heterocycles. The van der Waals surface area contributed by atoms with Gasteiger partial charge in [-0.1, -0.05) is 26.8 Å². The first-order valence-electron chi connectivity index (χ1n) is 11.3. The maximum Gasteiger partial charge on any atom is 0.405 e. The van der Waals surface area contributed by atoms with Gasteiger partial charge in [0.05, 0.1) is 12.2 Å². The van der Waals surface area contributed by atoms with Crippen LogP contribution in [0.2, 0.25) is 0 Å². The molecule has 3 aliphatic rings. The van der Waals surface area contributed by atoms with Crippen molar-refractivity contribution in [3.8, 4) is 0 Å². The predicted molar refractivity (Wildman–Crippen MR) is 121 cm³/mol. The van der Waals surface area contributed by atoms with Crippen molar-refractivity contribution in [2.75, 3.05) is 6.54 Å². The summed E-state index contributed by atoms with van der Waals surface area (Å²) in [5.41, 5.74) is -2.45. The summed E-state index contributed by atoms with van der Waals surface area (Å²) in [6.45, 7) is 8.35. The van der Waals surface area contributed by atoms with E-state index in [1.165, 1.54) is 6.08 Å². The summed E-state index contributed by atoms with van der Waals surface area (Å²) in [5.74, 6) is -3.04. The minimum absolute atomic E-state index is 0.0847. The van der Waals surface area contributed by atoms with E-state index in [4.69, 9.17) is 4.18 Å². The molecular formula is C21H32N4O9S. The van der Waals surface area contributed by atoms with Crippen LogP contribution in [0.3, 0.4) is 0 Å². The molecule has 13 nitrogen and oxygen atoms in total. The number of hydrogen-bond donors (Lipinski definition) is 5. The summed E-state index contributed by atoms with van der Waals surface area (Å²) in [6.07, 6.45) is -0.466. The van der Waals surface area contributed by atoms with E-state index in [1.807, 2.05) is 4.72 Å². The number of carboxylic acid groups (broad SMARTS) is 1. The fraction of sp³-hybridized carbons (Fsp3) is 0.714. The van der Waals surface area contributed by atoms with Crippen LogP contribution in [-0.4, -0.2) is 83.7 Å². The summed E-state index contributed by atoms with van der Waals surface area (Å²) in [5, 5.41) is 24.1. The van der Waals surface area contributed by atoms with E-state index in [1.54, 1.807) is 20.8 Å². The number of carbonyl (C=O) groups is 4. The second-order valence-corrected chi connectivity index (χ2v) is 11.6. The third kappa shape index (κ3) is 6.11. The lowest BCUT2D eigenvalue weighted by Crippen LogP contribution is -2.60. The summed E-state index contributed by atoms with van der Waals surface area (Å²) in [4.78, 5) is 51.7. The number of amides is 4. The molecule has 0 radical (unpaired) electrons. The van der Waals surface area contributed by atoms with Crippen molar-refractivity contribution in [2.45, 2.75) is 76.3 Å². The molecule has 0 spiro atoms. The number of likely N-dealkylation sites (tertiary alicyclic amines) is 1. The molecule has 3 fully saturated rings.